The van der Waals surface area contributed by atoms with E-state index in [9.17, 15) is 14.4 Å². The molecule has 0 unspecified atom stereocenters. The minimum Gasteiger partial charge on any atom is -0.480 e. The molecule has 4 N–H and O–H groups in total. The van der Waals surface area contributed by atoms with Crippen molar-refractivity contribution in [2.45, 2.75) is 19.0 Å². The Labute approximate surface area is 197 Å². The van der Waals surface area contributed by atoms with E-state index in [0.717, 1.165) is 21.2 Å². The summed E-state index contributed by atoms with van der Waals surface area (Å²) in [6.45, 7) is 0.476. The number of carbonyl (C=O) groups excluding carboxylic acids is 2. The number of carboxylic acid groups (broad SMARTS) is 1. The van der Waals surface area contributed by atoms with Crippen LogP contribution in [0.4, 0.5) is 0 Å². The first-order valence-electron chi connectivity index (χ1n) is 9.81. The molecule has 1 aliphatic rings. The number of nitrogens with two attached hydrogens (primary N) is 1. The van der Waals surface area contributed by atoms with Crippen LogP contribution in [0, 0.1) is 0 Å². The lowest BCUT2D eigenvalue weighted by Crippen LogP contribution is -2.46. The van der Waals surface area contributed by atoms with Crippen molar-refractivity contribution in [3.63, 3.8) is 0 Å². The minimum atomic E-state index is -1.25. The van der Waals surface area contributed by atoms with Gasteiger partial charge in [-0.3, -0.25) is 9.59 Å². The first-order chi connectivity index (χ1) is 15.3. The van der Waals surface area contributed by atoms with Crippen molar-refractivity contribution < 1.29 is 19.5 Å². The Kier molecular flexibility index (Phi) is 6.39. The summed E-state index contributed by atoms with van der Waals surface area (Å²) < 4.78 is 1.05. The molecule has 0 fully saturated rings. The quantitative estimate of drug-likeness (QED) is 0.504. The molecular formula is C22H19Cl2N3O4S. The highest BCUT2D eigenvalue weighted by atomic mass is 35.5. The van der Waals surface area contributed by atoms with Crippen molar-refractivity contribution >= 4 is 62.4 Å². The van der Waals surface area contributed by atoms with Crippen LogP contribution < -0.4 is 11.1 Å². The van der Waals surface area contributed by atoms with Gasteiger partial charge in [0.25, 0.3) is 11.8 Å². The fourth-order valence-electron chi connectivity index (χ4n) is 3.73. The van der Waals surface area contributed by atoms with Gasteiger partial charge in [-0.2, -0.15) is 0 Å². The topological polar surface area (TPSA) is 113 Å². The van der Waals surface area contributed by atoms with E-state index in [2.05, 4.69) is 5.32 Å². The van der Waals surface area contributed by atoms with Gasteiger partial charge in [-0.15, -0.1) is 11.3 Å². The summed E-state index contributed by atoms with van der Waals surface area (Å²) in [7, 11) is 0. The number of halogens is 2. The van der Waals surface area contributed by atoms with Crippen LogP contribution in [0.3, 0.4) is 0 Å². The van der Waals surface area contributed by atoms with Gasteiger partial charge in [-0.1, -0.05) is 41.4 Å². The second kappa shape index (κ2) is 9.07. The van der Waals surface area contributed by atoms with Gasteiger partial charge in [0.1, 0.15) is 6.04 Å². The Morgan fingerprint density at radius 1 is 1.22 bits per heavy atom. The van der Waals surface area contributed by atoms with E-state index >= 15 is 0 Å². The second-order valence-electron chi connectivity index (χ2n) is 7.41. The zero-order valence-corrected chi connectivity index (χ0v) is 19.1. The molecule has 3 aromatic rings. The van der Waals surface area contributed by atoms with Crippen LogP contribution in [-0.2, 0) is 17.8 Å². The highest BCUT2D eigenvalue weighted by Gasteiger charge is 2.29. The number of benzene rings is 2. The summed E-state index contributed by atoms with van der Waals surface area (Å²) in [5.74, 6) is -2.02. The van der Waals surface area contributed by atoms with Gasteiger partial charge in [0.15, 0.2) is 0 Å². The molecule has 0 spiro atoms. The monoisotopic (exact) mass is 491 g/mol. The Morgan fingerprint density at radius 2 is 1.97 bits per heavy atom. The van der Waals surface area contributed by atoms with Gasteiger partial charge in [0, 0.05) is 24.3 Å². The Bertz CT molecular complexity index is 1210. The number of amides is 2. The standard InChI is InChI=1S/C22H19Cl2N3O4S/c23-14-7-12-10-27(21(29)17-8-11-3-1-2-4-16(11)32-17)6-5-13(12)19(24)18(14)20(28)26-15(9-25)22(30)31/h1-4,7-8,15H,5-6,9-10,25H2,(H,26,28)(H,30,31)/t15-/m0/s1. The van der Waals surface area contributed by atoms with E-state index in [1.165, 1.54) is 11.3 Å². The van der Waals surface area contributed by atoms with Gasteiger partial charge in [0.2, 0.25) is 0 Å². The fourth-order valence-corrected chi connectivity index (χ4v) is 5.52. The highest BCUT2D eigenvalue weighted by molar-refractivity contribution is 7.20. The molecule has 0 saturated heterocycles. The van der Waals surface area contributed by atoms with Crippen LogP contribution in [0.5, 0.6) is 0 Å². The third kappa shape index (κ3) is 4.19. The lowest BCUT2D eigenvalue weighted by molar-refractivity contribution is -0.138. The number of rotatable bonds is 5. The summed E-state index contributed by atoms with van der Waals surface area (Å²) in [4.78, 5) is 39.3. The van der Waals surface area contributed by atoms with Crippen LogP contribution in [-0.4, -0.2) is 46.9 Å². The molecule has 1 aliphatic heterocycles. The van der Waals surface area contributed by atoms with E-state index in [-0.39, 0.29) is 28.1 Å². The molecule has 4 rings (SSSR count). The summed E-state index contributed by atoms with van der Waals surface area (Å²) in [5.41, 5.74) is 6.89. The maximum Gasteiger partial charge on any atom is 0.327 e. The Morgan fingerprint density at radius 3 is 2.66 bits per heavy atom. The van der Waals surface area contributed by atoms with Gasteiger partial charge < -0.3 is 21.1 Å². The first-order valence-corrected chi connectivity index (χ1v) is 11.4. The van der Waals surface area contributed by atoms with Crippen molar-refractivity contribution in [3.05, 3.63) is 68.0 Å². The largest absolute Gasteiger partial charge is 0.480 e. The smallest absolute Gasteiger partial charge is 0.327 e. The summed E-state index contributed by atoms with van der Waals surface area (Å²) >= 11 is 14.3. The number of aliphatic carboxylic acids is 1. The maximum atomic E-state index is 13.1. The van der Waals surface area contributed by atoms with Gasteiger partial charge in [0.05, 0.1) is 20.5 Å². The highest BCUT2D eigenvalue weighted by Crippen LogP contribution is 2.35. The molecule has 32 heavy (non-hydrogen) atoms. The Balaban J connectivity index is 1.58. The predicted octanol–water partition coefficient (Wildman–Crippen LogP) is 3.55. The van der Waals surface area contributed by atoms with Crippen molar-refractivity contribution in [3.8, 4) is 0 Å². The molecule has 0 radical (unpaired) electrons. The van der Waals surface area contributed by atoms with E-state index in [1.807, 2.05) is 30.3 Å². The lowest BCUT2D eigenvalue weighted by atomic mass is 9.96. The van der Waals surface area contributed by atoms with Crippen LogP contribution in [0.25, 0.3) is 10.1 Å². The van der Waals surface area contributed by atoms with Crippen LogP contribution in [0.1, 0.15) is 31.2 Å². The van der Waals surface area contributed by atoms with E-state index in [1.54, 1.807) is 11.0 Å². The number of hydrogen-bond acceptors (Lipinski definition) is 5. The van der Waals surface area contributed by atoms with E-state index < -0.39 is 17.9 Å². The van der Waals surface area contributed by atoms with Gasteiger partial charge in [-0.25, -0.2) is 4.79 Å². The van der Waals surface area contributed by atoms with Crippen molar-refractivity contribution in [2.75, 3.05) is 13.1 Å². The van der Waals surface area contributed by atoms with Crippen molar-refractivity contribution in [2.24, 2.45) is 5.73 Å². The van der Waals surface area contributed by atoms with E-state index in [0.29, 0.717) is 24.4 Å². The van der Waals surface area contributed by atoms with Crippen molar-refractivity contribution in [1.29, 1.82) is 0 Å². The van der Waals surface area contributed by atoms with E-state index in [4.69, 9.17) is 34.0 Å². The molecule has 0 aliphatic carbocycles. The van der Waals surface area contributed by atoms with Crippen LogP contribution in [0.2, 0.25) is 10.0 Å². The number of nitrogens with one attached hydrogen (secondary N) is 1. The Hall–Kier alpha value is -2.65. The maximum absolute atomic E-state index is 13.1. The predicted molar refractivity (Wildman–Crippen MR) is 125 cm³/mol. The molecule has 166 valence electrons. The third-order valence-corrected chi connectivity index (χ3v) is 7.21. The first kappa shape index (κ1) is 22.5. The zero-order chi connectivity index (χ0) is 23.0. The fraction of sp³-hybridized carbons (Fsp3) is 0.227. The molecule has 10 heteroatoms. The zero-order valence-electron chi connectivity index (χ0n) is 16.7. The lowest BCUT2D eigenvalue weighted by Gasteiger charge is -2.30. The average molecular weight is 492 g/mol. The summed E-state index contributed by atoms with van der Waals surface area (Å²) in [5, 5.41) is 12.7. The normalized spacial score (nSPS) is 14.2. The molecule has 2 amide bonds. The molecule has 2 heterocycles. The SMILES string of the molecule is NC[C@H](NC(=O)c1c(Cl)cc2c(c1Cl)CCN(C(=O)c1cc3ccccc3s1)C2)C(=O)O. The minimum absolute atomic E-state index is 0.0102. The number of thiophene rings is 1. The summed E-state index contributed by atoms with van der Waals surface area (Å²) in [6, 6.07) is 10.1. The molecule has 1 aromatic heterocycles. The van der Waals surface area contributed by atoms with Crippen molar-refractivity contribution in [1.82, 2.24) is 10.2 Å². The molecule has 7 nitrogen and oxygen atoms in total. The average Bonchev–Trinajstić information content (AvgIpc) is 3.20. The molecule has 2 aromatic carbocycles. The molecular weight excluding hydrogens is 473 g/mol. The number of hydrogen-bond donors (Lipinski definition) is 3. The van der Waals surface area contributed by atoms with Gasteiger partial charge in [-0.05, 0) is 41.1 Å². The molecule has 1 atom stereocenters. The van der Waals surface area contributed by atoms with Crippen LogP contribution in [0.15, 0.2) is 36.4 Å². The van der Waals surface area contributed by atoms with Crippen LogP contribution >= 0.6 is 34.5 Å². The molecule has 0 saturated carbocycles. The molecule has 0 bridgehead atoms. The van der Waals surface area contributed by atoms with Gasteiger partial charge >= 0.3 is 5.97 Å². The number of fused-ring (bicyclic) bond motifs is 2. The second-order valence-corrected chi connectivity index (χ2v) is 9.28. The summed E-state index contributed by atoms with van der Waals surface area (Å²) in [6.07, 6.45) is 0.446. The third-order valence-electron chi connectivity index (χ3n) is 5.39. The number of carbonyl (C=O) groups is 3. The number of nitrogens with zero attached hydrogens (tertiary/aromatic N) is 1. The number of carboxylic acids is 1.